The van der Waals surface area contributed by atoms with Crippen molar-refractivity contribution in [3.63, 3.8) is 0 Å². The molecule has 0 aliphatic rings. The maximum Gasteiger partial charge on any atom is 0.257 e. The van der Waals surface area contributed by atoms with Crippen LogP contribution in [0.1, 0.15) is 11.4 Å². The SMILES string of the molecule is Cc1cccc(-c2nc(CC(=O)Nc3ccccc3Cl)no2)c1. The molecule has 23 heavy (non-hydrogen) atoms. The fourth-order valence-corrected chi connectivity index (χ4v) is 2.30. The third-order valence-corrected chi connectivity index (χ3v) is 3.53. The van der Waals surface area contributed by atoms with Crippen LogP contribution in [0, 0.1) is 6.92 Å². The van der Waals surface area contributed by atoms with Gasteiger partial charge < -0.3 is 9.84 Å². The Hall–Kier alpha value is -2.66. The Morgan fingerprint density at radius 1 is 1.22 bits per heavy atom. The predicted molar refractivity (Wildman–Crippen MR) is 88.3 cm³/mol. The minimum Gasteiger partial charge on any atom is -0.334 e. The summed E-state index contributed by atoms with van der Waals surface area (Å²) in [5.74, 6) is 0.468. The number of rotatable bonds is 4. The second kappa shape index (κ2) is 6.62. The van der Waals surface area contributed by atoms with Crippen LogP contribution >= 0.6 is 11.6 Å². The number of carbonyl (C=O) groups is 1. The zero-order chi connectivity index (χ0) is 16.2. The molecule has 2 aromatic carbocycles. The fourth-order valence-electron chi connectivity index (χ4n) is 2.12. The van der Waals surface area contributed by atoms with Crippen LogP contribution in [0.5, 0.6) is 0 Å². The normalized spacial score (nSPS) is 10.5. The van der Waals surface area contributed by atoms with Crippen LogP contribution in [0.4, 0.5) is 5.69 Å². The van der Waals surface area contributed by atoms with E-state index in [9.17, 15) is 4.79 Å². The Morgan fingerprint density at radius 3 is 2.83 bits per heavy atom. The molecule has 0 saturated heterocycles. The van der Waals surface area contributed by atoms with E-state index in [-0.39, 0.29) is 12.3 Å². The van der Waals surface area contributed by atoms with Gasteiger partial charge in [-0.3, -0.25) is 4.79 Å². The van der Waals surface area contributed by atoms with Crippen LogP contribution in [0.2, 0.25) is 5.02 Å². The van der Waals surface area contributed by atoms with Gasteiger partial charge in [-0.05, 0) is 31.2 Å². The highest BCUT2D eigenvalue weighted by atomic mass is 35.5. The Kier molecular flexibility index (Phi) is 4.39. The second-order valence-electron chi connectivity index (χ2n) is 5.09. The van der Waals surface area contributed by atoms with E-state index >= 15 is 0 Å². The standard InChI is InChI=1S/C17H14ClN3O2/c1-11-5-4-6-12(9-11)17-20-15(21-23-17)10-16(22)19-14-8-3-2-7-13(14)18/h2-9H,10H2,1H3,(H,19,22). The minimum absolute atomic E-state index is 0.0144. The van der Waals surface area contributed by atoms with Crippen LogP contribution in [-0.2, 0) is 11.2 Å². The van der Waals surface area contributed by atoms with Gasteiger partial charge in [0.25, 0.3) is 5.89 Å². The molecule has 0 radical (unpaired) electrons. The average Bonchev–Trinajstić information content (AvgIpc) is 2.98. The fraction of sp³-hybridized carbons (Fsp3) is 0.118. The van der Waals surface area contributed by atoms with E-state index in [0.717, 1.165) is 11.1 Å². The average molecular weight is 328 g/mol. The number of amides is 1. The van der Waals surface area contributed by atoms with Crippen LogP contribution in [0.3, 0.4) is 0 Å². The highest BCUT2D eigenvalue weighted by Crippen LogP contribution is 2.21. The highest BCUT2D eigenvalue weighted by molar-refractivity contribution is 6.33. The van der Waals surface area contributed by atoms with Crippen LogP contribution < -0.4 is 5.32 Å². The lowest BCUT2D eigenvalue weighted by atomic mass is 10.1. The van der Waals surface area contributed by atoms with Gasteiger partial charge in [-0.25, -0.2) is 0 Å². The number of nitrogens with zero attached hydrogens (tertiary/aromatic N) is 2. The molecule has 1 N–H and O–H groups in total. The molecule has 0 aliphatic carbocycles. The van der Waals surface area contributed by atoms with Gasteiger partial charge in [0.2, 0.25) is 5.91 Å². The lowest BCUT2D eigenvalue weighted by Gasteiger charge is -2.04. The first kappa shape index (κ1) is 15.2. The second-order valence-corrected chi connectivity index (χ2v) is 5.50. The summed E-state index contributed by atoms with van der Waals surface area (Å²) in [6, 6.07) is 14.8. The van der Waals surface area contributed by atoms with Gasteiger partial charge in [-0.15, -0.1) is 0 Å². The Balaban J connectivity index is 1.69. The van der Waals surface area contributed by atoms with Crippen molar-refractivity contribution in [1.82, 2.24) is 10.1 Å². The van der Waals surface area contributed by atoms with Crippen LogP contribution in [0.25, 0.3) is 11.5 Å². The Morgan fingerprint density at radius 2 is 2.04 bits per heavy atom. The molecule has 0 aliphatic heterocycles. The molecule has 1 heterocycles. The van der Waals surface area contributed by atoms with Crippen molar-refractivity contribution < 1.29 is 9.32 Å². The molecule has 3 aromatic rings. The Labute approximate surface area is 138 Å². The molecule has 0 bridgehead atoms. The summed E-state index contributed by atoms with van der Waals surface area (Å²) in [4.78, 5) is 16.3. The molecular weight excluding hydrogens is 314 g/mol. The summed E-state index contributed by atoms with van der Waals surface area (Å²) in [5.41, 5.74) is 2.48. The lowest BCUT2D eigenvalue weighted by molar-refractivity contribution is -0.115. The first-order valence-corrected chi connectivity index (χ1v) is 7.43. The molecule has 6 heteroatoms. The van der Waals surface area contributed by atoms with Gasteiger partial charge in [0.1, 0.15) is 0 Å². The molecule has 0 unspecified atom stereocenters. The van der Waals surface area contributed by atoms with Crippen LogP contribution in [0.15, 0.2) is 53.1 Å². The molecule has 116 valence electrons. The molecule has 3 rings (SSSR count). The highest BCUT2D eigenvalue weighted by Gasteiger charge is 2.13. The number of carbonyl (C=O) groups excluding carboxylic acids is 1. The number of para-hydroxylation sites is 1. The van der Waals surface area contributed by atoms with Gasteiger partial charge in [-0.1, -0.05) is 46.6 Å². The monoisotopic (exact) mass is 327 g/mol. The summed E-state index contributed by atoms with van der Waals surface area (Å²) in [6.45, 7) is 1.98. The summed E-state index contributed by atoms with van der Waals surface area (Å²) in [5, 5.41) is 7.05. The number of aryl methyl sites for hydroxylation is 1. The molecule has 0 fully saturated rings. The van der Waals surface area contributed by atoms with Crippen molar-refractivity contribution in [2.45, 2.75) is 13.3 Å². The minimum atomic E-state index is -0.255. The van der Waals surface area contributed by atoms with E-state index in [2.05, 4.69) is 15.5 Å². The van der Waals surface area contributed by atoms with E-state index in [4.69, 9.17) is 16.1 Å². The number of aromatic nitrogens is 2. The molecule has 0 atom stereocenters. The van der Waals surface area contributed by atoms with Gasteiger partial charge in [-0.2, -0.15) is 4.98 Å². The summed E-state index contributed by atoms with van der Waals surface area (Å²) in [7, 11) is 0. The largest absolute Gasteiger partial charge is 0.334 e. The third kappa shape index (κ3) is 3.76. The molecule has 5 nitrogen and oxygen atoms in total. The van der Waals surface area contributed by atoms with E-state index in [0.29, 0.717) is 22.4 Å². The number of benzene rings is 2. The zero-order valence-corrected chi connectivity index (χ0v) is 13.2. The van der Waals surface area contributed by atoms with Gasteiger partial charge in [0, 0.05) is 5.56 Å². The van der Waals surface area contributed by atoms with Crippen molar-refractivity contribution >= 4 is 23.2 Å². The first-order valence-electron chi connectivity index (χ1n) is 7.06. The number of anilines is 1. The van der Waals surface area contributed by atoms with Crippen molar-refractivity contribution in [3.05, 3.63) is 64.9 Å². The number of hydrogen-bond acceptors (Lipinski definition) is 4. The lowest BCUT2D eigenvalue weighted by Crippen LogP contribution is -2.15. The summed E-state index contributed by atoms with van der Waals surface area (Å²) >= 11 is 6.01. The zero-order valence-electron chi connectivity index (χ0n) is 12.4. The quantitative estimate of drug-likeness (QED) is 0.789. The predicted octanol–water partition coefficient (Wildman–Crippen LogP) is 3.88. The van der Waals surface area contributed by atoms with Gasteiger partial charge in [0.15, 0.2) is 5.82 Å². The summed E-state index contributed by atoms with van der Waals surface area (Å²) < 4.78 is 5.21. The van der Waals surface area contributed by atoms with Crippen molar-refractivity contribution in [2.75, 3.05) is 5.32 Å². The van der Waals surface area contributed by atoms with Crippen molar-refractivity contribution in [2.24, 2.45) is 0 Å². The summed E-state index contributed by atoms with van der Waals surface area (Å²) in [6.07, 6.45) is 0.0144. The molecule has 0 spiro atoms. The smallest absolute Gasteiger partial charge is 0.257 e. The maximum absolute atomic E-state index is 12.0. The van der Waals surface area contributed by atoms with Gasteiger partial charge in [0.05, 0.1) is 17.1 Å². The third-order valence-electron chi connectivity index (χ3n) is 3.20. The van der Waals surface area contributed by atoms with Crippen LogP contribution in [-0.4, -0.2) is 16.0 Å². The molecule has 0 saturated carbocycles. The van der Waals surface area contributed by atoms with E-state index < -0.39 is 0 Å². The van der Waals surface area contributed by atoms with E-state index in [1.165, 1.54) is 0 Å². The molecule has 1 aromatic heterocycles. The van der Waals surface area contributed by atoms with Crippen molar-refractivity contribution in [3.8, 4) is 11.5 Å². The van der Waals surface area contributed by atoms with E-state index in [1.807, 2.05) is 31.2 Å². The number of halogens is 1. The topological polar surface area (TPSA) is 68.0 Å². The number of nitrogens with one attached hydrogen (secondary N) is 1. The van der Waals surface area contributed by atoms with E-state index in [1.54, 1.807) is 24.3 Å². The number of hydrogen-bond donors (Lipinski definition) is 1. The Bertz CT molecular complexity index is 845. The van der Waals surface area contributed by atoms with Gasteiger partial charge >= 0.3 is 0 Å². The molecular formula is C17H14ClN3O2. The molecule has 1 amide bonds. The maximum atomic E-state index is 12.0. The van der Waals surface area contributed by atoms with Crippen molar-refractivity contribution in [1.29, 1.82) is 0 Å². The first-order chi connectivity index (χ1) is 11.1.